The van der Waals surface area contributed by atoms with Crippen LogP contribution in [-0.2, 0) is 9.59 Å². The normalized spacial score (nSPS) is 28.7. The minimum atomic E-state index is -1.17. The molecule has 0 aromatic rings. The van der Waals surface area contributed by atoms with Crippen molar-refractivity contribution in [3.05, 3.63) is 12.7 Å². The van der Waals surface area contributed by atoms with Crippen molar-refractivity contribution in [2.75, 3.05) is 0 Å². The molecule has 6 nitrogen and oxygen atoms in total. The van der Waals surface area contributed by atoms with Gasteiger partial charge in [0.2, 0.25) is 5.91 Å². The van der Waals surface area contributed by atoms with Gasteiger partial charge in [0, 0.05) is 13.0 Å². The Bertz CT molecular complexity index is 375. The van der Waals surface area contributed by atoms with E-state index in [4.69, 9.17) is 5.11 Å². The maximum Gasteiger partial charge on any atom is 0.320 e. The van der Waals surface area contributed by atoms with Crippen LogP contribution in [0.25, 0.3) is 0 Å². The third kappa shape index (κ3) is 3.78. The van der Waals surface area contributed by atoms with Gasteiger partial charge in [0.25, 0.3) is 0 Å². The van der Waals surface area contributed by atoms with Gasteiger partial charge in [0.15, 0.2) is 0 Å². The zero-order valence-corrected chi connectivity index (χ0v) is 11.5. The van der Waals surface area contributed by atoms with Gasteiger partial charge in [-0.15, -0.1) is 6.58 Å². The van der Waals surface area contributed by atoms with Gasteiger partial charge < -0.3 is 15.5 Å². The quantitative estimate of drug-likeness (QED) is 0.522. The lowest BCUT2D eigenvalue weighted by Gasteiger charge is -2.36. The zero-order valence-electron chi connectivity index (χ0n) is 11.5. The van der Waals surface area contributed by atoms with E-state index < -0.39 is 23.7 Å². The Kier molecular flexibility index (Phi) is 4.70. The molecule has 1 aliphatic rings. The molecule has 6 heteroatoms. The fourth-order valence-electron chi connectivity index (χ4n) is 2.53. The number of carboxylic acids is 1. The van der Waals surface area contributed by atoms with Gasteiger partial charge >= 0.3 is 5.97 Å². The number of carbonyl (C=O) groups excluding carboxylic acids is 1. The molecule has 1 aliphatic heterocycles. The summed E-state index contributed by atoms with van der Waals surface area (Å²) < 4.78 is 0. The van der Waals surface area contributed by atoms with Crippen LogP contribution in [0.1, 0.15) is 27.2 Å². The van der Waals surface area contributed by atoms with Gasteiger partial charge in [-0.25, -0.2) is 0 Å². The van der Waals surface area contributed by atoms with Crippen molar-refractivity contribution in [1.82, 2.24) is 10.6 Å². The summed E-state index contributed by atoms with van der Waals surface area (Å²) in [4.78, 5) is 22.3. The van der Waals surface area contributed by atoms with Gasteiger partial charge in [-0.1, -0.05) is 6.08 Å². The molecule has 0 bridgehead atoms. The Morgan fingerprint density at radius 1 is 1.53 bits per heavy atom. The van der Waals surface area contributed by atoms with E-state index in [0.29, 0.717) is 6.42 Å². The van der Waals surface area contributed by atoms with Gasteiger partial charge in [-0.05, 0) is 26.2 Å². The number of aliphatic carboxylic acids is 1. The number of hydrogen-bond donors (Lipinski definition) is 4. The van der Waals surface area contributed by atoms with Gasteiger partial charge in [0.1, 0.15) is 6.04 Å². The maximum atomic E-state index is 11.3. The topological polar surface area (TPSA) is 98.7 Å². The maximum absolute atomic E-state index is 11.3. The lowest BCUT2D eigenvalue weighted by molar-refractivity contribution is -0.139. The van der Waals surface area contributed by atoms with Crippen molar-refractivity contribution in [2.45, 2.75) is 50.9 Å². The highest BCUT2D eigenvalue weighted by atomic mass is 16.4. The molecule has 19 heavy (non-hydrogen) atoms. The van der Waals surface area contributed by atoms with Crippen LogP contribution in [0.15, 0.2) is 12.7 Å². The molecule has 0 aliphatic carbocycles. The van der Waals surface area contributed by atoms with E-state index in [-0.39, 0.29) is 17.9 Å². The first-order chi connectivity index (χ1) is 8.66. The smallest absolute Gasteiger partial charge is 0.320 e. The second kappa shape index (κ2) is 5.71. The average Bonchev–Trinajstić information content (AvgIpc) is 2.67. The van der Waals surface area contributed by atoms with E-state index in [9.17, 15) is 14.7 Å². The molecule has 0 radical (unpaired) electrons. The van der Waals surface area contributed by atoms with Crippen LogP contribution in [0.5, 0.6) is 0 Å². The Balaban J connectivity index is 2.97. The molecular weight excluding hydrogens is 248 g/mol. The zero-order chi connectivity index (χ0) is 14.8. The van der Waals surface area contributed by atoms with E-state index in [0.717, 1.165) is 0 Å². The van der Waals surface area contributed by atoms with Crippen LogP contribution >= 0.6 is 0 Å². The van der Waals surface area contributed by atoms with Gasteiger partial charge in [-0.2, -0.15) is 0 Å². The summed E-state index contributed by atoms with van der Waals surface area (Å²) in [6.45, 7) is 8.24. The van der Waals surface area contributed by atoms with E-state index in [1.165, 1.54) is 6.92 Å². The van der Waals surface area contributed by atoms with Crippen molar-refractivity contribution in [1.29, 1.82) is 0 Å². The summed E-state index contributed by atoms with van der Waals surface area (Å²) in [6, 6.07) is -1.63. The number of hydrogen-bond acceptors (Lipinski definition) is 4. The molecule has 0 spiro atoms. The first-order valence-electron chi connectivity index (χ1n) is 6.27. The molecular formula is C13H22N2O4. The highest BCUT2D eigenvalue weighted by Gasteiger charge is 2.45. The van der Waals surface area contributed by atoms with Gasteiger partial charge in [0.05, 0.1) is 11.6 Å². The molecule has 0 aromatic carbocycles. The van der Waals surface area contributed by atoms with Crippen molar-refractivity contribution >= 4 is 11.9 Å². The summed E-state index contributed by atoms with van der Waals surface area (Å²) in [5.41, 5.74) is -1.17. The molecule has 4 N–H and O–H groups in total. The number of carboxylic acid groups (broad SMARTS) is 1. The second-order valence-electron chi connectivity index (χ2n) is 5.55. The lowest BCUT2D eigenvalue weighted by atomic mass is 9.85. The minimum Gasteiger partial charge on any atom is -0.480 e. The molecule has 0 aromatic heterocycles. The highest BCUT2D eigenvalue weighted by Crippen LogP contribution is 2.28. The SMILES string of the molecule is C=C[C@@H]1C[C@H](C(=O)O)NC1[C@@H](NC(C)=O)C(C)(C)O. The fraction of sp³-hybridized carbons (Fsp3) is 0.692. The summed E-state index contributed by atoms with van der Waals surface area (Å²) >= 11 is 0. The summed E-state index contributed by atoms with van der Waals surface area (Å²) in [6.07, 6.45) is 2.07. The number of nitrogens with one attached hydrogen (secondary N) is 2. The Morgan fingerprint density at radius 2 is 2.11 bits per heavy atom. The van der Waals surface area contributed by atoms with Crippen LogP contribution in [-0.4, -0.2) is 45.8 Å². The molecule has 0 saturated carbocycles. The molecule has 1 heterocycles. The van der Waals surface area contributed by atoms with E-state index in [2.05, 4.69) is 17.2 Å². The largest absolute Gasteiger partial charge is 0.480 e. The summed E-state index contributed by atoms with van der Waals surface area (Å²) in [5, 5.41) is 24.9. The minimum absolute atomic E-state index is 0.121. The number of carbonyl (C=O) groups is 2. The van der Waals surface area contributed by atoms with Crippen molar-refractivity contribution in [3.8, 4) is 0 Å². The highest BCUT2D eigenvalue weighted by molar-refractivity contribution is 5.75. The predicted molar refractivity (Wildman–Crippen MR) is 70.6 cm³/mol. The lowest BCUT2D eigenvalue weighted by Crippen LogP contribution is -2.60. The predicted octanol–water partition coefficient (Wildman–Crippen LogP) is -0.121. The van der Waals surface area contributed by atoms with Crippen molar-refractivity contribution in [2.24, 2.45) is 5.92 Å². The third-order valence-corrected chi connectivity index (χ3v) is 3.44. The molecule has 4 atom stereocenters. The first-order valence-corrected chi connectivity index (χ1v) is 6.27. The van der Waals surface area contributed by atoms with E-state index in [1.54, 1.807) is 19.9 Å². The molecule has 108 valence electrons. The molecule has 1 fully saturated rings. The average molecular weight is 270 g/mol. The Hall–Kier alpha value is -1.40. The standard InChI is InChI=1S/C13H22N2O4/c1-5-8-6-9(12(17)18)15-10(8)11(13(3,4)19)14-7(2)16/h5,8-11,15,19H,1,6H2,2-4H3,(H,14,16)(H,17,18)/t8-,9-,10?,11-/m1/s1. The molecule has 1 rings (SSSR count). The van der Waals surface area contributed by atoms with Crippen molar-refractivity contribution < 1.29 is 19.8 Å². The number of amides is 1. The number of aliphatic hydroxyl groups is 1. The molecule has 1 unspecified atom stereocenters. The van der Waals surface area contributed by atoms with Crippen LogP contribution in [0.4, 0.5) is 0 Å². The third-order valence-electron chi connectivity index (χ3n) is 3.44. The van der Waals surface area contributed by atoms with Crippen LogP contribution in [0.3, 0.4) is 0 Å². The molecule has 1 saturated heterocycles. The molecule has 1 amide bonds. The first kappa shape index (κ1) is 15.7. The second-order valence-corrected chi connectivity index (χ2v) is 5.55. The fourth-order valence-corrected chi connectivity index (χ4v) is 2.53. The van der Waals surface area contributed by atoms with Crippen LogP contribution in [0, 0.1) is 5.92 Å². The summed E-state index contributed by atoms with van der Waals surface area (Å²) in [7, 11) is 0. The van der Waals surface area contributed by atoms with E-state index in [1.807, 2.05) is 0 Å². The van der Waals surface area contributed by atoms with Gasteiger partial charge in [-0.3, -0.25) is 14.9 Å². The summed E-state index contributed by atoms with van der Waals surface area (Å²) in [5.74, 6) is -1.33. The van der Waals surface area contributed by atoms with Crippen molar-refractivity contribution in [3.63, 3.8) is 0 Å². The van der Waals surface area contributed by atoms with Crippen LogP contribution in [0.2, 0.25) is 0 Å². The van der Waals surface area contributed by atoms with E-state index >= 15 is 0 Å². The monoisotopic (exact) mass is 270 g/mol. The Labute approximate surface area is 112 Å². The van der Waals surface area contributed by atoms with Crippen LogP contribution < -0.4 is 10.6 Å². The Morgan fingerprint density at radius 3 is 2.47 bits per heavy atom. The number of rotatable bonds is 5.